The summed E-state index contributed by atoms with van der Waals surface area (Å²) in [5.74, 6) is -1.25. The molecule has 1 aromatic heterocycles. The first kappa shape index (κ1) is 24.4. The highest BCUT2D eigenvalue weighted by atomic mass is 35.5. The number of carbonyl (C=O) groups excluding carboxylic acids is 2. The molecule has 0 radical (unpaired) electrons. The second-order valence-corrected chi connectivity index (χ2v) is 9.87. The highest BCUT2D eigenvalue weighted by molar-refractivity contribution is 7.90. The molecule has 0 aliphatic carbocycles. The minimum Gasteiger partial charge on any atom is -0.618 e. The summed E-state index contributed by atoms with van der Waals surface area (Å²) in [7, 11) is -2.48. The lowest BCUT2D eigenvalue weighted by atomic mass is 9.98. The van der Waals surface area contributed by atoms with Crippen molar-refractivity contribution in [1.29, 1.82) is 0 Å². The standard InChI is InChI=1S/C24H22ClNO6S/c1-16-21(4-3-13-26(16)29)24(28)22-14-19(25)9-8-18(22)15-33(30,31)20-10-5-17(6-11-20)7-12-23(27)32-2/h3-6,8-11,13-14H,7,12,15H2,1-2H3. The second-order valence-electron chi connectivity index (χ2n) is 7.44. The van der Waals surface area contributed by atoms with E-state index in [9.17, 15) is 23.2 Å². The van der Waals surface area contributed by atoms with E-state index in [0.29, 0.717) is 11.2 Å². The highest BCUT2D eigenvalue weighted by Crippen LogP contribution is 2.25. The number of ketones is 1. The molecule has 1 heterocycles. The second kappa shape index (κ2) is 10.1. The summed E-state index contributed by atoms with van der Waals surface area (Å²) in [4.78, 5) is 24.6. The van der Waals surface area contributed by atoms with E-state index in [2.05, 4.69) is 4.74 Å². The number of aryl methyl sites for hydroxylation is 1. The van der Waals surface area contributed by atoms with Gasteiger partial charge in [0.25, 0.3) is 0 Å². The van der Waals surface area contributed by atoms with Gasteiger partial charge in [-0.3, -0.25) is 9.59 Å². The molecule has 0 N–H and O–H groups in total. The molecule has 9 heteroatoms. The maximum absolute atomic E-state index is 13.2. The summed E-state index contributed by atoms with van der Waals surface area (Å²) >= 11 is 6.09. The first-order valence-corrected chi connectivity index (χ1v) is 12.1. The zero-order chi connectivity index (χ0) is 24.2. The molecule has 0 bridgehead atoms. The number of sulfone groups is 1. The zero-order valence-corrected chi connectivity index (χ0v) is 19.7. The third-order valence-corrected chi connectivity index (χ3v) is 7.16. The number of pyridine rings is 1. The summed E-state index contributed by atoms with van der Waals surface area (Å²) in [5.41, 5.74) is 1.57. The Morgan fingerprint density at radius 3 is 2.42 bits per heavy atom. The van der Waals surface area contributed by atoms with Crippen LogP contribution in [0.4, 0.5) is 0 Å². The van der Waals surface area contributed by atoms with E-state index in [0.717, 1.165) is 5.56 Å². The van der Waals surface area contributed by atoms with Gasteiger partial charge in [0.1, 0.15) is 0 Å². The number of hydrogen-bond donors (Lipinski definition) is 0. The SMILES string of the molecule is COC(=O)CCc1ccc(S(=O)(=O)Cc2ccc(Cl)cc2C(=O)c2ccc[n+]([O-])c2C)cc1. The Hall–Kier alpha value is -3.23. The number of hydrogen-bond acceptors (Lipinski definition) is 6. The maximum Gasteiger partial charge on any atom is 0.305 e. The van der Waals surface area contributed by atoms with Gasteiger partial charge in [-0.05, 0) is 47.9 Å². The first-order valence-electron chi connectivity index (χ1n) is 10.0. The van der Waals surface area contributed by atoms with Gasteiger partial charge in [0.2, 0.25) is 5.69 Å². The lowest BCUT2D eigenvalue weighted by Gasteiger charge is -2.12. The molecule has 0 unspecified atom stereocenters. The molecule has 0 atom stereocenters. The number of halogens is 1. The third-order valence-electron chi connectivity index (χ3n) is 5.24. The van der Waals surface area contributed by atoms with Crippen molar-refractivity contribution in [3.63, 3.8) is 0 Å². The van der Waals surface area contributed by atoms with Crippen molar-refractivity contribution in [3.8, 4) is 0 Å². The van der Waals surface area contributed by atoms with Crippen LogP contribution in [0.1, 0.15) is 39.2 Å². The average molecular weight is 488 g/mol. The Kier molecular flexibility index (Phi) is 7.50. The third kappa shape index (κ3) is 5.77. The molecule has 3 aromatic rings. The number of aromatic nitrogens is 1. The van der Waals surface area contributed by atoms with Crippen LogP contribution < -0.4 is 4.73 Å². The van der Waals surface area contributed by atoms with Crippen LogP contribution in [0.15, 0.2) is 65.7 Å². The topological polar surface area (TPSA) is 104 Å². The van der Waals surface area contributed by atoms with Crippen molar-refractivity contribution in [2.75, 3.05) is 7.11 Å². The van der Waals surface area contributed by atoms with E-state index in [1.54, 1.807) is 12.1 Å². The number of nitrogens with zero attached hydrogens (tertiary/aromatic N) is 1. The number of esters is 1. The normalized spacial score (nSPS) is 11.2. The van der Waals surface area contributed by atoms with Crippen molar-refractivity contribution >= 4 is 33.2 Å². The summed E-state index contributed by atoms with van der Waals surface area (Å²) < 4.78 is 31.3. The molecule has 3 rings (SSSR count). The van der Waals surface area contributed by atoms with Crippen molar-refractivity contribution in [2.24, 2.45) is 0 Å². The molecular formula is C24H22ClNO6S. The van der Waals surface area contributed by atoms with Gasteiger partial charge < -0.3 is 9.94 Å². The molecular weight excluding hydrogens is 466 g/mol. The summed E-state index contributed by atoms with van der Waals surface area (Å²) in [6.07, 6.45) is 1.91. The Labute approximate surface area is 197 Å². The van der Waals surface area contributed by atoms with Crippen LogP contribution in [0.3, 0.4) is 0 Å². The van der Waals surface area contributed by atoms with Crippen LogP contribution in [0, 0.1) is 12.1 Å². The van der Waals surface area contributed by atoms with Gasteiger partial charge in [-0.2, -0.15) is 4.73 Å². The predicted molar refractivity (Wildman–Crippen MR) is 123 cm³/mol. The van der Waals surface area contributed by atoms with E-state index in [1.807, 2.05) is 0 Å². The van der Waals surface area contributed by atoms with Crippen LogP contribution in [0.5, 0.6) is 0 Å². The maximum atomic E-state index is 13.2. The van der Waals surface area contributed by atoms with E-state index in [-0.39, 0.29) is 44.7 Å². The van der Waals surface area contributed by atoms with Crippen LogP contribution in [0.2, 0.25) is 5.02 Å². The van der Waals surface area contributed by atoms with Gasteiger partial charge >= 0.3 is 5.97 Å². The first-order chi connectivity index (χ1) is 15.6. The fourth-order valence-corrected chi connectivity index (χ4v) is 4.89. The van der Waals surface area contributed by atoms with Gasteiger partial charge in [0, 0.05) is 30.0 Å². The summed E-state index contributed by atoms with van der Waals surface area (Å²) in [6, 6.07) is 13.6. The number of methoxy groups -OCH3 is 1. The molecule has 0 saturated carbocycles. The summed E-state index contributed by atoms with van der Waals surface area (Å²) in [5, 5.41) is 12.2. The molecule has 0 fully saturated rings. The van der Waals surface area contributed by atoms with Crippen molar-refractivity contribution in [3.05, 3.63) is 99.0 Å². The number of rotatable bonds is 8. The Morgan fingerprint density at radius 2 is 1.76 bits per heavy atom. The van der Waals surface area contributed by atoms with Gasteiger partial charge in [0.05, 0.1) is 23.3 Å². The van der Waals surface area contributed by atoms with Gasteiger partial charge in [-0.15, -0.1) is 0 Å². The fourth-order valence-electron chi connectivity index (χ4n) is 3.34. The number of benzene rings is 2. The van der Waals surface area contributed by atoms with E-state index in [1.165, 1.54) is 62.7 Å². The lowest BCUT2D eigenvalue weighted by molar-refractivity contribution is -0.612. The van der Waals surface area contributed by atoms with Crippen LogP contribution in [-0.2, 0) is 31.5 Å². The number of carbonyl (C=O) groups is 2. The Balaban J connectivity index is 1.89. The minimum atomic E-state index is -3.79. The van der Waals surface area contributed by atoms with Gasteiger partial charge in [0.15, 0.2) is 21.8 Å². The van der Waals surface area contributed by atoms with Gasteiger partial charge in [-0.25, -0.2) is 8.42 Å². The Bertz CT molecular complexity index is 1300. The highest BCUT2D eigenvalue weighted by Gasteiger charge is 2.24. The van der Waals surface area contributed by atoms with Crippen LogP contribution in [0.25, 0.3) is 0 Å². The molecule has 172 valence electrons. The molecule has 0 aliphatic rings. The van der Waals surface area contributed by atoms with Crippen molar-refractivity contribution in [1.82, 2.24) is 0 Å². The summed E-state index contributed by atoms with van der Waals surface area (Å²) in [6.45, 7) is 1.52. The van der Waals surface area contributed by atoms with E-state index in [4.69, 9.17) is 11.6 Å². The lowest BCUT2D eigenvalue weighted by Crippen LogP contribution is -2.31. The minimum absolute atomic E-state index is 0.0889. The predicted octanol–water partition coefficient (Wildman–Crippen LogP) is 3.59. The van der Waals surface area contributed by atoms with E-state index >= 15 is 0 Å². The molecule has 7 nitrogen and oxygen atoms in total. The number of ether oxygens (including phenoxy) is 1. The fraction of sp³-hybridized carbons (Fsp3) is 0.208. The monoisotopic (exact) mass is 487 g/mol. The van der Waals surface area contributed by atoms with Gasteiger partial charge in [-0.1, -0.05) is 29.8 Å². The molecule has 33 heavy (non-hydrogen) atoms. The smallest absolute Gasteiger partial charge is 0.305 e. The van der Waals surface area contributed by atoms with Crippen LogP contribution in [-0.4, -0.2) is 27.3 Å². The molecule has 0 amide bonds. The quantitative estimate of drug-likeness (QED) is 0.208. The molecule has 0 aliphatic heterocycles. The van der Waals surface area contributed by atoms with E-state index < -0.39 is 21.4 Å². The molecule has 2 aromatic carbocycles. The molecule has 0 saturated heterocycles. The van der Waals surface area contributed by atoms with Crippen molar-refractivity contribution < 1.29 is 27.5 Å². The largest absolute Gasteiger partial charge is 0.618 e. The Morgan fingerprint density at radius 1 is 1.06 bits per heavy atom. The zero-order valence-electron chi connectivity index (χ0n) is 18.1. The molecule has 0 spiro atoms. The average Bonchev–Trinajstić information content (AvgIpc) is 2.80. The van der Waals surface area contributed by atoms with Crippen molar-refractivity contribution in [2.45, 2.75) is 30.4 Å². The van der Waals surface area contributed by atoms with Crippen LogP contribution >= 0.6 is 11.6 Å².